The first-order chi connectivity index (χ1) is 17.2. The highest BCUT2D eigenvalue weighted by Crippen LogP contribution is 2.09. The van der Waals surface area contributed by atoms with Gasteiger partial charge in [-0.1, -0.05) is 23.6 Å². The summed E-state index contributed by atoms with van der Waals surface area (Å²) in [6, 6.07) is 22.0. The van der Waals surface area contributed by atoms with E-state index in [-0.39, 0.29) is 26.1 Å². The van der Waals surface area contributed by atoms with Crippen molar-refractivity contribution >= 4 is 21.5 Å². The number of aromatic nitrogens is 1. The number of benzene rings is 3. The first-order valence-corrected chi connectivity index (χ1v) is 14.9. The minimum atomic E-state index is -4.27. The number of methoxy groups -OCH3 is 1. The number of ether oxygens (including phenoxy) is 1. The molecular weight excluding hydrogens is 607 g/mol. The lowest BCUT2D eigenvalue weighted by molar-refractivity contribution is -0.597. The summed E-state index contributed by atoms with van der Waals surface area (Å²) in [4.78, 5) is 4.17. The molecule has 0 radical (unpaired) electrons. The van der Waals surface area contributed by atoms with Crippen molar-refractivity contribution in [2.24, 2.45) is 0 Å². The molecule has 0 bridgehead atoms. The third kappa shape index (κ3) is 8.47. The Hall–Kier alpha value is -3.22. The molecule has 1 heterocycles. The van der Waals surface area contributed by atoms with Gasteiger partial charge in [-0.2, -0.15) is 5.26 Å². The zero-order valence-electron chi connectivity index (χ0n) is 19.7. The van der Waals surface area contributed by atoms with E-state index in [1.807, 2.05) is 43.5 Å². The highest BCUT2D eigenvalue weighted by atomic mass is 127. The summed E-state index contributed by atoms with van der Waals surface area (Å²) >= 11 is 1.20. The van der Waals surface area contributed by atoms with Gasteiger partial charge in [0.1, 0.15) is 21.6 Å². The van der Waals surface area contributed by atoms with Gasteiger partial charge in [-0.3, -0.25) is 0 Å². The zero-order valence-corrected chi connectivity index (χ0v) is 23.4. The van der Waals surface area contributed by atoms with E-state index >= 15 is 0 Å². The fourth-order valence-electron chi connectivity index (χ4n) is 2.80. The number of thiazole rings is 1. The summed E-state index contributed by atoms with van der Waals surface area (Å²) in [5.74, 6) is 7.06. The number of halogens is 1. The number of hydrogen-bond donors (Lipinski definition) is 0. The minimum absolute atomic E-state index is 0.178. The molecule has 0 fully saturated rings. The van der Waals surface area contributed by atoms with Gasteiger partial charge in [-0.05, 0) is 62.2 Å². The summed E-state index contributed by atoms with van der Waals surface area (Å²) in [6.07, 6.45) is 0. The predicted octanol–water partition coefficient (Wildman–Crippen LogP) is 1.76. The van der Waals surface area contributed by atoms with Gasteiger partial charge in [0.05, 0.1) is 28.6 Å². The molecular formula is C27H21IN2O4S2. The van der Waals surface area contributed by atoms with Crippen molar-refractivity contribution in [2.75, 3.05) is 7.11 Å². The van der Waals surface area contributed by atoms with Gasteiger partial charge in [-0.15, -0.1) is 11.3 Å². The average molecular weight is 629 g/mol. The van der Waals surface area contributed by atoms with Crippen molar-refractivity contribution < 1.29 is 38.9 Å². The van der Waals surface area contributed by atoms with Crippen molar-refractivity contribution in [3.05, 3.63) is 107 Å². The number of nitriles is 1. The van der Waals surface area contributed by atoms with Gasteiger partial charge in [0.2, 0.25) is 0 Å². The van der Waals surface area contributed by atoms with E-state index < -0.39 is 10.1 Å². The fourth-order valence-corrected chi connectivity index (χ4v) is 6.24. The van der Waals surface area contributed by atoms with E-state index in [1.165, 1.54) is 19.3 Å². The van der Waals surface area contributed by atoms with Gasteiger partial charge in [-0.25, -0.2) is 13.4 Å². The SMILES string of the molecule is COc1ccc([I+]c2cc(C#N)cc(C#Cc3csc(C)n3)c2)cc1.Cc1ccc(S(=O)(=O)[O-])cc1. The molecule has 36 heavy (non-hydrogen) atoms. The Morgan fingerprint density at radius 3 is 2.17 bits per heavy atom. The van der Waals surface area contributed by atoms with Crippen LogP contribution < -0.4 is 25.9 Å². The van der Waals surface area contributed by atoms with E-state index in [4.69, 9.17) is 4.74 Å². The Labute approximate surface area is 225 Å². The topological polar surface area (TPSA) is 103 Å². The minimum Gasteiger partial charge on any atom is -0.744 e. The van der Waals surface area contributed by atoms with Crippen LogP contribution in [0, 0.1) is 44.2 Å². The van der Waals surface area contributed by atoms with Crippen LogP contribution in [0.25, 0.3) is 0 Å². The van der Waals surface area contributed by atoms with Crippen molar-refractivity contribution in [2.45, 2.75) is 18.7 Å². The van der Waals surface area contributed by atoms with Crippen molar-refractivity contribution in [3.8, 4) is 23.7 Å². The van der Waals surface area contributed by atoms with E-state index in [9.17, 15) is 18.2 Å². The van der Waals surface area contributed by atoms with Crippen LogP contribution in [0.4, 0.5) is 0 Å². The Morgan fingerprint density at radius 1 is 0.944 bits per heavy atom. The molecule has 0 aliphatic rings. The first-order valence-electron chi connectivity index (χ1n) is 10.5. The molecule has 0 N–H and O–H groups in total. The Balaban J connectivity index is 0.000000275. The standard InChI is InChI=1S/C20H14IN2OS.C7H8O3S/c1-14-23-19(13-25-14)6-3-15-9-16(12-22)11-18(10-15)21-17-4-7-20(24-2)8-5-17;1-6-2-4-7(5-3-6)11(8,9)10/h4-5,7-11,13H,1-2H3;2-5H,1H3,(H,8,9,10)/q+1;/p-1. The van der Waals surface area contributed by atoms with Gasteiger partial charge < -0.3 is 9.29 Å². The molecule has 182 valence electrons. The summed E-state index contributed by atoms with van der Waals surface area (Å²) in [5, 5.41) is 12.2. The summed E-state index contributed by atoms with van der Waals surface area (Å²) in [5.41, 5.74) is 3.20. The lowest BCUT2D eigenvalue weighted by Gasteiger charge is -2.05. The smallest absolute Gasteiger partial charge is 0.357 e. The zero-order chi connectivity index (χ0) is 26.1. The second kappa shape index (κ2) is 12.7. The molecule has 6 nitrogen and oxygen atoms in total. The molecule has 0 saturated heterocycles. The van der Waals surface area contributed by atoms with Crippen LogP contribution in [0.15, 0.2) is 77.0 Å². The molecule has 0 spiro atoms. The summed E-state index contributed by atoms with van der Waals surface area (Å²) < 4.78 is 38.8. The molecule has 0 aliphatic heterocycles. The monoisotopic (exact) mass is 628 g/mol. The summed E-state index contributed by atoms with van der Waals surface area (Å²) in [7, 11) is -2.61. The maximum Gasteiger partial charge on any atom is 0.357 e. The molecule has 9 heteroatoms. The maximum atomic E-state index is 10.4. The van der Waals surface area contributed by atoms with Crippen LogP contribution in [-0.2, 0) is 10.1 Å². The number of rotatable bonds is 4. The number of hydrogen-bond acceptors (Lipinski definition) is 7. The van der Waals surface area contributed by atoms with Crippen LogP contribution in [0.3, 0.4) is 0 Å². The fraction of sp³-hybridized carbons (Fsp3) is 0.111. The van der Waals surface area contributed by atoms with Gasteiger partial charge in [0.15, 0.2) is 7.14 Å². The normalized spacial score (nSPS) is 10.3. The highest BCUT2D eigenvalue weighted by molar-refractivity contribution is 7.85. The Kier molecular flexibility index (Phi) is 9.62. The quantitative estimate of drug-likeness (QED) is 0.194. The van der Waals surface area contributed by atoms with Crippen molar-refractivity contribution in [1.82, 2.24) is 4.98 Å². The van der Waals surface area contributed by atoms with Crippen LogP contribution >= 0.6 is 11.3 Å². The maximum absolute atomic E-state index is 10.4. The predicted molar refractivity (Wildman–Crippen MR) is 134 cm³/mol. The third-order valence-corrected chi connectivity index (χ3v) is 8.77. The Bertz CT molecular complexity index is 1540. The second-order valence-electron chi connectivity index (χ2n) is 7.36. The molecule has 0 amide bonds. The molecule has 4 aromatic rings. The van der Waals surface area contributed by atoms with E-state index in [1.54, 1.807) is 30.6 Å². The molecule has 0 unspecified atom stereocenters. The van der Waals surface area contributed by atoms with Gasteiger partial charge in [0.25, 0.3) is 0 Å². The molecule has 1 aromatic heterocycles. The van der Waals surface area contributed by atoms with Crippen molar-refractivity contribution in [1.29, 1.82) is 5.26 Å². The van der Waals surface area contributed by atoms with E-state index in [0.29, 0.717) is 5.56 Å². The van der Waals surface area contributed by atoms with Crippen LogP contribution in [0.5, 0.6) is 5.75 Å². The van der Waals surface area contributed by atoms with Gasteiger partial charge in [0, 0.05) is 23.1 Å². The molecule has 0 saturated carbocycles. The van der Waals surface area contributed by atoms with Crippen LogP contribution in [0.1, 0.15) is 27.4 Å². The van der Waals surface area contributed by atoms with Crippen LogP contribution in [0.2, 0.25) is 0 Å². The average Bonchev–Trinajstić information content (AvgIpc) is 3.28. The third-order valence-electron chi connectivity index (χ3n) is 4.56. The highest BCUT2D eigenvalue weighted by Gasteiger charge is 2.17. The van der Waals surface area contributed by atoms with Gasteiger partial charge >= 0.3 is 21.2 Å². The molecule has 0 aliphatic carbocycles. The van der Waals surface area contributed by atoms with E-state index in [2.05, 4.69) is 41.1 Å². The van der Waals surface area contributed by atoms with E-state index in [0.717, 1.165) is 27.6 Å². The van der Waals surface area contributed by atoms with Crippen molar-refractivity contribution in [3.63, 3.8) is 0 Å². The molecule has 0 atom stereocenters. The lowest BCUT2D eigenvalue weighted by Crippen LogP contribution is -3.61. The number of nitrogens with zero attached hydrogens (tertiary/aromatic N) is 2. The largest absolute Gasteiger partial charge is 0.744 e. The lowest BCUT2D eigenvalue weighted by atomic mass is 10.1. The second-order valence-corrected chi connectivity index (χ2v) is 12.8. The summed E-state index contributed by atoms with van der Waals surface area (Å²) in [6.45, 7) is 3.78. The molecule has 4 rings (SSSR count). The first kappa shape index (κ1) is 27.4. The number of aryl methyl sites for hydroxylation is 2. The Morgan fingerprint density at radius 2 is 1.61 bits per heavy atom. The van der Waals surface area contributed by atoms with Crippen LogP contribution in [-0.4, -0.2) is 25.1 Å². The molecule has 3 aromatic carbocycles.